The van der Waals surface area contributed by atoms with Gasteiger partial charge in [-0.3, -0.25) is 4.79 Å². The number of halogens is 4. The highest BCUT2D eigenvalue weighted by atomic mass is 35.5. The summed E-state index contributed by atoms with van der Waals surface area (Å²) in [5, 5.41) is 3.29. The maximum atomic E-state index is 13.4. The van der Waals surface area contributed by atoms with Crippen molar-refractivity contribution >= 4 is 35.0 Å². The van der Waals surface area contributed by atoms with Gasteiger partial charge in [-0.05, 0) is 56.2 Å². The molecular formula is C23H25ClF3NO2S. The molecule has 0 heterocycles. The highest BCUT2D eigenvalue weighted by molar-refractivity contribution is 8.00. The Bertz CT molecular complexity index is 935. The molecule has 4 atom stereocenters. The van der Waals surface area contributed by atoms with E-state index in [2.05, 4.69) is 19.2 Å². The molecule has 0 bridgehead atoms. The van der Waals surface area contributed by atoms with Crippen LogP contribution in [-0.4, -0.2) is 24.4 Å². The van der Waals surface area contributed by atoms with E-state index in [-0.39, 0.29) is 11.8 Å². The fraction of sp³-hybridized carbons (Fsp3) is 0.435. The van der Waals surface area contributed by atoms with Gasteiger partial charge in [-0.1, -0.05) is 18.5 Å². The van der Waals surface area contributed by atoms with Gasteiger partial charge in [0.2, 0.25) is 0 Å². The van der Waals surface area contributed by atoms with Crippen molar-refractivity contribution < 1.29 is 22.7 Å². The first-order valence-corrected chi connectivity index (χ1v) is 11.4. The zero-order valence-corrected chi connectivity index (χ0v) is 19.1. The van der Waals surface area contributed by atoms with E-state index >= 15 is 0 Å². The zero-order chi connectivity index (χ0) is 22.7. The van der Waals surface area contributed by atoms with Gasteiger partial charge in [0, 0.05) is 40.6 Å². The second-order valence-corrected chi connectivity index (χ2v) is 9.66. The molecule has 3 nitrogen and oxygen atoms in total. The van der Waals surface area contributed by atoms with E-state index in [1.54, 1.807) is 37.1 Å². The number of carbonyl (C=O) groups excluding carboxylic acids is 1. The summed E-state index contributed by atoms with van der Waals surface area (Å²) in [5.41, 5.74) is 0.132. The molecule has 3 rings (SSSR count). The van der Waals surface area contributed by atoms with Crippen molar-refractivity contribution in [3.8, 4) is 0 Å². The number of hydrogen-bond donors (Lipinski definition) is 1. The summed E-state index contributed by atoms with van der Waals surface area (Å²) in [5.74, 6) is -3.89. The minimum absolute atomic E-state index is 0.163. The van der Waals surface area contributed by atoms with Crippen molar-refractivity contribution in [2.75, 3.05) is 12.4 Å². The standard InChI is InChI=1S/C23H25ClF3NO2S/c1-12-4-5-14(8-13(2)30-3)22(12)31-20-9-15(6-7-17(20)24)23(29)28-16-10-18(25)21(27)19(26)11-16/h6-7,9-14,22H,4-5,8H2,1-3H3,(H,28,29). The Labute approximate surface area is 189 Å². The smallest absolute Gasteiger partial charge is 0.255 e. The van der Waals surface area contributed by atoms with Crippen molar-refractivity contribution in [2.24, 2.45) is 11.8 Å². The maximum absolute atomic E-state index is 13.4. The average Bonchev–Trinajstić information content (AvgIpc) is 3.06. The molecule has 0 aliphatic heterocycles. The van der Waals surface area contributed by atoms with Crippen LogP contribution in [-0.2, 0) is 4.74 Å². The number of carbonyl (C=O) groups is 1. The Hall–Kier alpha value is -1.70. The summed E-state index contributed by atoms with van der Waals surface area (Å²) < 4.78 is 45.4. The van der Waals surface area contributed by atoms with E-state index in [9.17, 15) is 18.0 Å². The van der Waals surface area contributed by atoms with Gasteiger partial charge in [0.25, 0.3) is 5.91 Å². The minimum atomic E-state index is -1.58. The number of amides is 1. The molecule has 1 saturated carbocycles. The van der Waals surface area contributed by atoms with Crippen LogP contribution in [0.2, 0.25) is 5.02 Å². The van der Waals surface area contributed by atoms with Crippen LogP contribution < -0.4 is 5.32 Å². The number of nitrogens with one attached hydrogen (secondary N) is 1. The highest BCUT2D eigenvalue weighted by Crippen LogP contribution is 2.46. The van der Waals surface area contributed by atoms with Crippen molar-refractivity contribution in [3.63, 3.8) is 0 Å². The second-order valence-electron chi connectivity index (χ2n) is 8.03. The molecule has 2 aromatic carbocycles. The molecule has 1 N–H and O–H groups in total. The van der Waals surface area contributed by atoms with E-state index < -0.39 is 23.4 Å². The van der Waals surface area contributed by atoms with Crippen LogP contribution in [0, 0.1) is 29.3 Å². The molecule has 1 aliphatic carbocycles. The minimum Gasteiger partial charge on any atom is -0.382 e. The quantitative estimate of drug-likeness (QED) is 0.444. The number of rotatable bonds is 7. The lowest BCUT2D eigenvalue weighted by Crippen LogP contribution is -2.21. The van der Waals surface area contributed by atoms with Crippen molar-refractivity contribution in [2.45, 2.75) is 49.4 Å². The number of hydrogen-bond acceptors (Lipinski definition) is 3. The van der Waals surface area contributed by atoms with Crippen LogP contribution in [0.5, 0.6) is 0 Å². The Balaban J connectivity index is 1.77. The lowest BCUT2D eigenvalue weighted by molar-refractivity contribution is 0.0960. The molecule has 0 radical (unpaired) electrons. The van der Waals surface area contributed by atoms with Gasteiger partial charge < -0.3 is 10.1 Å². The summed E-state index contributed by atoms with van der Waals surface area (Å²) in [4.78, 5) is 13.4. The SMILES string of the molecule is COC(C)CC1CCC(C)C1Sc1cc(C(=O)Nc2cc(F)c(F)c(F)c2)ccc1Cl. The lowest BCUT2D eigenvalue weighted by Gasteiger charge is -2.25. The normalized spacial score (nSPS) is 21.8. The third kappa shape index (κ3) is 5.76. The molecule has 2 aromatic rings. The Kier molecular flexibility index (Phi) is 7.94. The molecule has 8 heteroatoms. The predicted octanol–water partition coefficient (Wildman–Crippen LogP) is 6.94. The van der Waals surface area contributed by atoms with Gasteiger partial charge in [-0.25, -0.2) is 13.2 Å². The number of methoxy groups -OCH3 is 1. The molecule has 0 spiro atoms. The van der Waals surface area contributed by atoms with Crippen LogP contribution in [0.1, 0.15) is 43.5 Å². The Morgan fingerprint density at radius 2 is 1.90 bits per heavy atom. The van der Waals surface area contributed by atoms with Crippen LogP contribution >= 0.6 is 23.4 Å². The number of thioether (sulfide) groups is 1. The van der Waals surface area contributed by atoms with E-state index in [0.717, 1.165) is 36.3 Å². The van der Waals surface area contributed by atoms with E-state index in [4.69, 9.17) is 16.3 Å². The first-order chi connectivity index (χ1) is 14.7. The number of anilines is 1. The van der Waals surface area contributed by atoms with Gasteiger partial charge in [-0.15, -0.1) is 11.8 Å². The maximum Gasteiger partial charge on any atom is 0.255 e. The van der Waals surface area contributed by atoms with Crippen LogP contribution in [0.15, 0.2) is 35.2 Å². The third-order valence-corrected chi connectivity index (χ3v) is 7.91. The topological polar surface area (TPSA) is 38.3 Å². The average molecular weight is 472 g/mol. The van der Waals surface area contributed by atoms with Crippen molar-refractivity contribution in [3.05, 3.63) is 58.4 Å². The number of benzene rings is 2. The molecule has 31 heavy (non-hydrogen) atoms. The molecule has 1 aliphatic rings. The van der Waals surface area contributed by atoms with Crippen LogP contribution in [0.3, 0.4) is 0 Å². The molecule has 1 fully saturated rings. The highest BCUT2D eigenvalue weighted by Gasteiger charge is 2.35. The van der Waals surface area contributed by atoms with Crippen LogP contribution in [0.4, 0.5) is 18.9 Å². The Morgan fingerprint density at radius 1 is 1.23 bits per heavy atom. The second kappa shape index (κ2) is 10.3. The molecule has 0 aromatic heterocycles. The third-order valence-electron chi connectivity index (χ3n) is 5.75. The largest absolute Gasteiger partial charge is 0.382 e. The summed E-state index contributed by atoms with van der Waals surface area (Å²) in [6.07, 6.45) is 3.37. The van der Waals surface area contributed by atoms with Crippen molar-refractivity contribution in [1.29, 1.82) is 0 Å². The molecule has 1 amide bonds. The predicted molar refractivity (Wildman–Crippen MR) is 118 cm³/mol. The first-order valence-electron chi connectivity index (χ1n) is 10.1. The fourth-order valence-electron chi connectivity index (χ4n) is 3.97. The van der Waals surface area contributed by atoms with Gasteiger partial charge in [-0.2, -0.15) is 0 Å². The van der Waals surface area contributed by atoms with E-state index in [1.165, 1.54) is 0 Å². The lowest BCUT2D eigenvalue weighted by atomic mass is 9.99. The summed E-state index contributed by atoms with van der Waals surface area (Å²) >= 11 is 8.06. The zero-order valence-electron chi connectivity index (χ0n) is 17.6. The van der Waals surface area contributed by atoms with Crippen LogP contribution in [0.25, 0.3) is 0 Å². The molecule has 0 saturated heterocycles. The van der Waals surface area contributed by atoms with Crippen molar-refractivity contribution in [1.82, 2.24) is 0 Å². The van der Waals surface area contributed by atoms with E-state index in [1.807, 2.05) is 0 Å². The van der Waals surface area contributed by atoms with E-state index in [0.29, 0.717) is 27.7 Å². The van der Waals surface area contributed by atoms with Gasteiger partial charge in [0.1, 0.15) is 0 Å². The van der Waals surface area contributed by atoms with Gasteiger partial charge in [0.05, 0.1) is 11.1 Å². The number of ether oxygens (including phenoxy) is 1. The molecular weight excluding hydrogens is 447 g/mol. The molecule has 168 valence electrons. The fourth-order valence-corrected chi connectivity index (χ4v) is 5.70. The monoisotopic (exact) mass is 471 g/mol. The summed E-state index contributed by atoms with van der Waals surface area (Å²) in [7, 11) is 1.71. The van der Waals surface area contributed by atoms with Gasteiger partial charge in [0.15, 0.2) is 17.5 Å². The molecule has 4 unspecified atom stereocenters. The van der Waals surface area contributed by atoms with Gasteiger partial charge >= 0.3 is 0 Å². The summed E-state index contributed by atoms with van der Waals surface area (Å²) in [6.45, 7) is 4.28. The first kappa shape index (κ1) is 24.0. The summed E-state index contributed by atoms with van der Waals surface area (Å²) in [6, 6.07) is 6.34. The Morgan fingerprint density at radius 3 is 2.55 bits per heavy atom.